The number of aromatic nitrogens is 5. The molecule has 0 aliphatic rings. The second-order valence-electron chi connectivity index (χ2n) is 7.90. The number of anilines is 4. The van der Waals surface area contributed by atoms with E-state index >= 15 is 0 Å². The lowest BCUT2D eigenvalue weighted by Gasteiger charge is -2.15. The van der Waals surface area contributed by atoms with E-state index in [-0.39, 0.29) is 0 Å². The second-order valence-corrected chi connectivity index (χ2v) is 7.90. The zero-order valence-corrected chi connectivity index (χ0v) is 20.3. The first kappa shape index (κ1) is 22.9. The fourth-order valence-corrected chi connectivity index (χ4v) is 3.90. The van der Waals surface area contributed by atoms with Gasteiger partial charge in [-0.15, -0.1) is 0 Å². The van der Waals surface area contributed by atoms with Gasteiger partial charge in [0, 0.05) is 23.5 Å². The lowest BCUT2D eigenvalue weighted by molar-refractivity contribution is 0.324. The summed E-state index contributed by atoms with van der Waals surface area (Å²) in [6, 6.07) is 19.5. The maximum absolute atomic E-state index is 5.45. The van der Waals surface area contributed by atoms with E-state index in [2.05, 4.69) is 31.7 Å². The van der Waals surface area contributed by atoms with E-state index in [4.69, 9.17) is 19.2 Å². The Labute approximate surface area is 207 Å². The average Bonchev–Trinajstić information content (AvgIpc) is 3.26. The Morgan fingerprint density at radius 3 is 2.25 bits per heavy atom. The van der Waals surface area contributed by atoms with Gasteiger partial charge in [0.05, 0.1) is 32.4 Å². The molecule has 0 amide bonds. The lowest BCUT2D eigenvalue weighted by atomic mass is 10.2. The summed E-state index contributed by atoms with van der Waals surface area (Å²) in [6.07, 6.45) is 1.45. The molecule has 0 bridgehead atoms. The Kier molecular flexibility index (Phi) is 6.23. The summed E-state index contributed by atoms with van der Waals surface area (Å²) in [5, 5.41) is 6.60. The van der Waals surface area contributed by atoms with Gasteiger partial charge in [-0.2, -0.15) is 4.98 Å². The van der Waals surface area contributed by atoms with E-state index in [1.807, 2.05) is 54.0 Å². The Morgan fingerprint density at radius 2 is 1.53 bits per heavy atom. The summed E-state index contributed by atoms with van der Waals surface area (Å²) in [7, 11) is 4.69. The Hall–Kier alpha value is -4.86. The fraction of sp³-hybridized carbons (Fsp3) is 0.154. The quantitative estimate of drug-likeness (QED) is 0.314. The molecule has 10 nitrogen and oxygen atoms in total. The Morgan fingerprint density at radius 1 is 0.750 bits per heavy atom. The van der Waals surface area contributed by atoms with Gasteiger partial charge in [-0.3, -0.25) is 0 Å². The molecule has 36 heavy (non-hydrogen) atoms. The van der Waals surface area contributed by atoms with Crippen LogP contribution >= 0.6 is 0 Å². The molecular formula is C26H25N7O3. The van der Waals surface area contributed by atoms with Crippen molar-refractivity contribution in [3.05, 3.63) is 72.6 Å². The first-order valence-corrected chi connectivity index (χ1v) is 11.2. The minimum absolute atomic E-state index is 0.341. The molecule has 0 aliphatic heterocycles. The van der Waals surface area contributed by atoms with E-state index in [0.717, 1.165) is 22.3 Å². The molecule has 0 saturated carbocycles. The van der Waals surface area contributed by atoms with Gasteiger partial charge in [0.25, 0.3) is 0 Å². The fourth-order valence-electron chi connectivity index (χ4n) is 3.90. The first-order valence-electron chi connectivity index (χ1n) is 11.2. The molecule has 5 rings (SSSR count). The summed E-state index contributed by atoms with van der Waals surface area (Å²) in [5.74, 6) is 2.86. The van der Waals surface area contributed by atoms with Gasteiger partial charge >= 0.3 is 0 Å². The van der Waals surface area contributed by atoms with Crippen LogP contribution in [0.15, 0.2) is 67.0 Å². The number of hydrogen-bond donors (Lipinski definition) is 2. The van der Waals surface area contributed by atoms with Gasteiger partial charge in [-0.05, 0) is 36.8 Å². The summed E-state index contributed by atoms with van der Waals surface area (Å²) in [6.45, 7) is 2.04. The molecule has 2 N–H and O–H groups in total. The van der Waals surface area contributed by atoms with Crippen molar-refractivity contribution in [3.63, 3.8) is 0 Å². The number of ether oxygens (including phenoxy) is 3. The Balaban J connectivity index is 1.55. The first-order chi connectivity index (χ1) is 17.6. The minimum atomic E-state index is 0.341. The normalized spacial score (nSPS) is 10.8. The van der Waals surface area contributed by atoms with Crippen LogP contribution in [0.1, 0.15) is 5.56 Å². The van der Waals surface area contributed by atoms with Crippen LogP contribution in [0.2, 0.25) is 0 Å². The minimum Gasteiger partial charge on any atom is -0.493 e. The van der Waals surface area contributed by atoms with E-state index in [1.165, 1.54) is 6.33 Å². The number of fused-ring (bicyclic) bond motifs is 1. The van der Waals surface area contributed by atoms with Crippen molar-refractivity contribution in [1.29, 1.82) is 0 Å². The maximum atomic E-state index is 5.45. The third-order valence-electron chi connectivity index (χ3n) is 5.52. The van der Waals surface area contributed by atoms with Crippen molar-refractivity contribution in [2.75, 3.05) is 32.0 Å². The third-order valence-corrected chi connectivity index (χ3v) is 5.52. The van der Waals surface area contributed by atoms with Crippen LogP contribution in [0.4, 0.5) is 23.3 Å². The van der Waals surface area contributed by atoms with Gasteiger partial charge in [0.2, 0.25) is 23.6 Å². The number of aryl methyl sites for hydroxylation is 1. The van der Waals surface area contributed by atoms with E-state index in [1.54, 1.807) is 33.5 Å². The van der Waals surface area contributed by atoms with Crippen molar-refractivity contribution in [3.8, 4) is 23.2 Å². The lowest BCUT2D eigenvalue weighted by Crippen LogP contribution is -2.08. The predicted octanol–water partition coefficient (Wildman–Crippen LogP) is 5.03. The van der Waals surface area contributed by atoms with Crippen LogP contribution < -0.4 is 24.8 Å². The van der Waals surface area contributed by atoms with Gasteiger partial charge in [-0.1, -0.05) is 24.3 Å². The molecule has 182 valence electrons. The van der Waals surface area contributed by atoms with Crippen LogP contribution in [-0.4, -0.2) is 45.8 Å². The van der Waals surface area contributed by atoms with E-state index in [0.29, 0.717) is 40.8 Å². The molecule has 0 atom stereocenters. The third kappa shape index (κ3) is 4.43. The standard InChI is InChI=1S/C26H25N7O3/c1-16-8-7-9-17(12-16)30-26-31-19-10-5-6-11-20(19)33(26)25-28-15-27-24(32-25)29-18-13-21(34-2)23(36-4)22(14-18)35-3/h5-15H,1-4H3,(H,30,31)(H,27,28,29,32). The van der Waals surface area contributed by atoms with Crippen molar-refractivity contribution in [2.45, 2.75) is 6.92 Å². The molecule has 0 radical (unpaired) electrons. The number of methoxy groups -OCH3 is 3. The maximum Gasteiger partial charge on any atom is 0.241 e. The van der Waals surface area contributed by atoms with Crippen LogP contribution in [0.3, 0.4) is 0 Å². The molecular weight excluding hydrogens is 458 g/mol. The number of imidazole rings is 1. The largest absolute Gasteiger partial charge is 0.493 e. The van der Waals surface area contributed by atoms with Crippen LogP contribution in [0, 0.1) is 6.92 Å². The molecule has 2 heterocycles. The topological polar surface area (TPSA) is 108 Å². The average molecular weight is 484 g/mol. The zero-order valence-electron chi connectivity index (χ0n) is 20.3. The Bertz CT molecular complexity index is 1510. The van der Waals surface area contributed by atoms with Crippen molar-refractivity contribution in [2.24, 2.45) is 0 Å². The zero-order chi connectivity index (χ0) is 25.1. The number of hydrogen-bond acceptors (Lipinski definition) is 9. The summed E-state index contributed by atoms with van der Waals surface area (Å²) in [4.78, 5) is 18.2. The van der Waals surface area contributed by atoms with Crippen LogP contribution in [0.5, 0.6) is 17.2 Å². The molecule has 10 heteroatoms. The van der Waals surface area contributed by atoms with Crippen LogP contribution in [0.25, 0.3) is 17.0 Å². The van der Waals surface area contributed by atoms with Gasteiger partial charge in [-0.25, -0.2) is 19.5 Å². The SMILES string of the molecule is COc1cc(Nc2ncnc(-n3c(Nc4cccc(C)c4)nc4ccccc43)n2)cc(OC)c1OC. The molecule has 0 aliphatic carbocycles. The molecule has 3 aromatic carbocycles. The van der Waals surface area contributed by atoms with Crippen molar-refractivity contribution >= 4 is 34.3 Å². The smallest absolute Gasteiger partial charge is 0.241 e. The second kappa shape index (κ2) is 9.79. The molecule has 0 fully saturated rings. The van der Waals surface area contributed by atoms with Gasteiger partial charge < -0.3 is 24.8 Å². The highest BCUT2D eigenvalue weighted by molar-refractivity contribution is 5.81. The molecule has 2 aromatic heterocycles. The van der Waals surface area contributed by atoms with Gasteiger partial charge in [0.15, 0.2) is 11.5 Å². The molecule has 5 aromatic rings. The summed E-state index contributed by atoms with van der Waals surface area (Å²) < 4.78 is 18.2. The molecule has 0 saturated heterocycles. The number of nitrogens with one attached hydrogen (secondary N) is 2. The van der Waals surface area contributed by atoms with E-state index in [9.17, 15) is 0 Å². The highest BCUT2D eigenvalue weighted by atomic mass is 16.5. The predicted molar refractivity (Wildman–Crippen MR) is 138 cm³/mol. The highest BCUT2D eigenvalue weighted by Gasteiger charge is 2.17. The molecule has 0 unspecified atom stereocenters. The highest BCUT2D eigenvalue weighted by Crippen LogP contribution is 2.40. The molecule has 0 spiro atoms. The number of rotatable bonds is 8. The monoisotopic (exact) mass is 483 g/mol. The van der Waals surface area contributed by atoms with Gasteiger partial charge in [0.1, 0.15) is 6.33 Å². The number of benzene rings is 3. The van der Waals surface area contributed by atoms with Crippen molar-refractivity contribution < 1.29 is 14.2 Å². The van der Waals surface area contributed by atoms with Crippen molar-refractivity contribution in [1.82, 2.24) is 24.5 Å². The van der Waals surface area contributed by atoms with Crippen LogP contribution in [-0.2, 0) is 0 Å². The number of nitrogens with zero attached hydrogens (tertiary/aromatic N) is 5. The summed E-state index contributed by atoms with van der Waals surface area (Å²) in [5.41, 5.74) is 4.39. The van der Waals surface area contributed by atoms with E-state index < -0.39 is 0 Å². The summed E-state index contributed by atoms with van der Waals surface area (Å²) >= 11 is 0. The number of para-hydroxylation sites is 2.